The van der Waals surface area contributed by atoms with Gasteiger partial charge in [0.2, 0.25) is 0 Å². The molecule has 1 aromatic heterocycles. The normalized spacial score (nSPS) is 20.4. The molecule has 0 spiro atoms. The van der Waals surface area contributed by atoms with Gasteiger partial charge in [-0.2, -0.15) is 0 Å². The number of hydrogen-bond acceptors (Lipinski definition) is 4. The Balaban J connectivity index is 1.90. The van der Waals surface area contributed by atoms with Gasteiger partial charge in [0.1, 0.15) is 0 Å². The van der Waals surface area contributed by atoms with E-state index in [2.05, 4.69) is 22.9 Å². The van der Waals surface area contributed by atoms with Crippen molar-refractivity contribution in [1.82, 2.24) is 5.43 Å². The molecule has 0 saturated heterocycles. The molecule has 90 valence electrons. The third kappa shape index (κ3) is 2.63. The zero-order chi connectivity index (χ0) is 11.4. The molecule has 16 heavy (non-hydrogen) atoms. The number of nitrogens with two attached hydrogens (primary N) is 1. The Morgan fingerprint density at radius 2 is 2.44 bits per heavy atom. The van der Waals surface area contributed by atoms with Crippen LogP contribution in [-0.2, 0) is 11.2 Å². The van der Waals surface area contributed by atoms with E-state index in [4.69, 9.17) is 10.6 Å². The largest absolute Gasteiger partial charge is 0.378 e. The second-order valence-electron chi connectivity index (χ2n) is 4.59. The van der Waals surface area contributed by atoms with Crippen molar-refractivity contribution < 1.29 is 4.74 Å². The third-order valence-electron chi connectivity index (χ3n) is 3.58. The summed E-state index contributed by atoms with van der Waals surface area (Å²) >= 11 is 1.79. The van der Waals surface area contributed by atoms with E-state index in [1.807, 2.05) is 7.11 Å². The molecule has 2 rings (SSSR count). The maximum Gasteiger partial charge on any atom is 0.0694 e. The lowest BCUT2D eigenvalue weighted by molar-refractivity contribution is -0.0834. The lowest BCUT2D eigenvalue weighted by Gasteiger charge is -2.42. The highest BCUT2D eigenvalue weighted by Crippen LogP contribution is 2.39. The Bertz CT molecular complexity index is 303. The zero-order valence-electron chi connectivity index (χ0n) is 9.74. The van der Waals surface area contributed by atoms with Gasteiger partial charge < -0.3 is 4.74 Å². The predicted molar refractivity (Wildman–Crippen MR) is 67.3 cm³/mol. The molecule has 0 aromatic carbocycles. The van der Waals surface area contributed by atoms with Gasteiger partial charge in [0, 0.05) is 18.0 Å². The van der Waals surface area contributed by atoms with Gasteiger partial charge in [-0.1, -0.05) is 6.07 Å². The first kappa shape index (κ1) is 12.0. The van der Waals surface area contributed by atoms with E-state index >= 15 is 0 Å². The smallest absolute Gasteiger partial charge is 0.0694 e. The Hall–Kier alpha value is -0.420. The summed E-state index contributed by atoms with van der Waals surface area (Å²) in [6.45, 7) is 0. The molecule has 1 unspecified atom stereocenters. The average molecular weight is 240 g/mol. The SMILES string of the molecule is COC1(CC(Cc2cccs2)NN)CCC1. The van der Waals surface area contributed by atoms with Crippen molar-refractivity contribution in [3.8, 4) is 0 Å². The van der Waals surface area contributed by atoms with Crippen LogP contribution in [0.2, 0.25) is 0 Å². The van der Waals surface area contributed by atoms with Crippen LogP contribution in [0.15, 0.2) is 17.5 Å². The minimum atomic E-state index is 0.0916. The molecule has 1 fully saturated rings. The third-order valence-corrected chi connectivity index (χ3v) is 4.48. The minimum Gasteiger partial charge on any atom is -0.378 e. The zero-order valence-corrected chi connectivity index (χ0v) is 10.6. The summed E-state index contributed by atoms with van der Waals surface area (Å²) in [6, 6.07) is 4.57. The van der Waals surface area contributed by atoms with E-state index in [9.17, 15) is 0 Å². The fourth-order valence-electron chi connectivity index (χ4n) is 2.37. The summed E-state index contributed by atoms with van der Waals surface area (Å²) < 4.78 is 5.63. The molecule has 1 saturated carbocycles. The fourth-order valence-corrected chi connectivity index (χ4v) is 3.16. The number of hydrazine groups is 1. The Morgan fingerprint density at radius 1 is 1.62 bits per heavy atom. The van der Waals surface area contributed by atoms with Crippen LogP contribution in [0, 0.1) is 0 Å². The van der Waals surface area contributed by atoms with Crippen LogP contribution in [0.3, 0.4) is 0 Å². The molecule has 1 aromatic rings. The van der Waals surface area contributed by atoms with Crippen molar-refractivity contribution in [3.05, 3.63) is 22.4 Å². The highest BCUT2D eigenvalue weighted by Gasteiger charge is 2.38. The molecule has 0 amide bonds. The fraction of sp³-hybridized carbons (Fsp3) is 0.667. The second kappa shape index (κ2) is 5.27. The average Bonchev–Trinajstić information content (AvgIpc) is 2.74. The molecular formula is C12H20N2OS. The van der Waals surface area contributed by atoms with Gasteiger partial charge in [0.05, 0.1) is 5.60 Å². The maximum absolute atomic E-state index is 5.63. The van der Waals surface area contributed by atoms with Gasteiger partial charge in [-0.05, 0) is 43.6 Å². The standard InChI is InChI=1S/C12H20N2OS/c1-15-12(5-3-6-12)9-10(14-13)8-11-4-2-7-16-11/h2,4,7,10,14H,3,5-6,8-9,13H2,1H3. The van der Waals surface area contributed by atoms with E-state index in [0.29, 0.717) is 6.04 Å². The Kier molecular flexibility index (Phi) is 3.97. The van der Waals surface area contributed by atoms with Crippen molar-refractivity contribution in [2.45, 2.75) is 43.7 Å². The quantitative estimate of drug-likeness (QED) is 0.591. The van der Waals surface area contributed by atoms with Gasteiger partial charge in [-0.25, -0.2) is 0 Å². The van der Waals surface area contributed by atoms with Crippen LogP contribution in [-0.4, -0.2) is 18.8 Å². The molecule has 1 atom stereocenters. The molecule has 1 aliphatic carbocycles. The Morgan fingerprint density at radius 3 is 2.88 bits per heavy atom. The molecule has 3 nitrogen and oxygen atoms in total. The van der Waals surface area contributed by atoms with Crippen molar-refractivity contribution >= 4 is 11.3 Å². The first-order valence-electron chi connectivity index (χ1n) is 5.82. The minimum absolute atomic E-state index is 0.0916. The number of thiophene rings is 1. The molecule has 1 aliphatic rings. The topological polar surface area (TPSA) is 47.3 Å². The van der Waals surface area contributed by atoms with E-state index in [-0.39, 0.29) is 5.60 Å². The van der Waals surface area contributed by atoms with Crippen molar-refractivity contribution in [2.75, 3.05) is 7.11 Å². The molecular weight excluding hydrogens is 220 g/mol. The van der Waals surface area contributed by atoms with Gasteiger partial charge in [-0.15, -0.1) is 11.3 Å². The second-order valence-corrected chi connectivity index (χ2v) is 5.62. The van der Waals surface area contributed by atoms with Gasteiger partial charge in [0.25, 0.3) is 0 Å². The maximum atomic E-state index is 5.63. The molecule has 0 aliphatic heterocycles. The predicted octanol–water partition coefficient (Wildman–Crippen LogP) is 2.08. The highest BCUT2D eigenvalue weighted by molar-refractivity contribution is 7.09. The van der Waals surface area contributed by atoms with Crippen LogP contribution in [0.1, 0.15) is 30.6 Å². The summed E-state index contributed by atoms with van der Waals surface area (Å²) in [4.78, 5) is 1.38. The molecule has 0 bridgehead atoms. The summed E-state index contributed by atoms with van der Waals surface area (Å²) in [5.74, 6) is 5.63. The van der Waals surface area contributed by atoms with Crippen LogP contribution in [0.4, 0.5) is 0 Å². The summed E-state index contributed by atoms with van der Waals surface area (Å²) in [5.41, 5.74) is 3.02. The number of ether oxygens (including phenoxy) is 1. The van der Waals surface area contributed by atoms with Crippen LogP contribution >= 0.6 is 11.3 Å². The lowest BCUT2D eigenvalue weighted by atomic mass is 9.75. The summed E-state index contributed by atoms with van der Waals surface area (Å²) in [5, 5.41) is 2.11. The van der Waals surface area contributed by atoms with E-state index in [1.54, 1.807) is 11.3 Å². The van der Waals surface area contributed by atoms with Crippen LogP contribution < -0.4 is 11.3 Å². The van der Waals surface area contributed by atoms with E-state index in [0.717, 1.165) is 12.8 Å². The highest BCUT2D eigenvalue weighted by atomic mass is 32.1. The van der Waals surface area contributed by atoms with Crippen molar-refractivity contribution in [2.24, 2.45) is 5.84 Å². The first-order chi connectivity index (χ1) is 7.78. The van der Waals surface area contributed by atoms with Gasteiger partial charge in [0.15, 0.2) is 0 Å². The number of nitrogens with one attached hydrogen (secondary N) is 1. The number of rotatable bonds is 6. The number of methoxy groups -OCH3 is 1. The molecule has 4 heteroatoms. The summed E-state index contributed by atoms with van der Waals surface area (Å²) in [7, 11) is 1.82. The van der Waals surface area contributed by atoms with Crippen LogP contribution in [0.5, 0.6) is 0 Å². The number of hydrogen-bond donors (Lipinski definition) is 2. The monoisotopic (exact) mass is 240 g/mol. The van der Waals surface area contributed by atoms with E-state index < -0.39 is 0 Å². The van der Waals surface area contributed by atoms with Gasteiger partial charge >= 0.3 is 0 Å². The Labute approximate surface area is 101 Å². The van der Waals surface area contributed by atoms with Crippen molar-refractivity contribution in [3.63, 3.8) is 0 Å². The lowest BCUT2D eigenvalue weighted by Crippen LogP contribution is -2.48. The summed E-state index contributed by atoms with van der Waals surface area (Å²) in [6.07, 6.45) is 5.64. The molecule has 1 heterocycles. The first-order valence-corrected chi connectivity index (χ1v) is 6.70. The van der Waals surface area contributed by atoms with E-state index in [1.165, 1.54) is 24.1 Å². The molecule has 0 radical (unpaired) electrons. The molecule has 3 N–H and O–H groups in total. The van der Waals surface area contributed by atoms with Crippen molar-refractivity contribution in [1.29, 1.82) is 0 Å². The van der Waals surface area contributed by atoms with Crippen LogP contribution in [0.25, 0.3) is 0 Å². The van der Waals surface area contributed by atoms with Gasteiger partial charge in [-0.3, -0.25) is 11.3 Å².